The van der Waals surface area contributed by atoms with Crippen molar-refractivity contribution in [1.82, 2.24) is 4.90 Å². The molecule has 64 heavy (non-hydrogen) atoms. The van der Waals surface area contributed by atoms with Crippen molar-refractivity contribution in [3.05, 3.63) is 118 Å². The Morgan fingerprint density at radius 2 is 1.77 bits per heavy atom. The number of nitrogens with zero attached hydrogens (tertiary/aromatic N) is 3. The first kappa shape index (κ1) is 48.5. The molecule has 3 aromatic rings. The van der Waals surface area contributed by atoms with Crippen molar-refractivity contribution >= 4 is 29.3 Å². The minimum Gasteiger partial charge on any atom is -0.493 e. The zero-order valence-electron chi connectivity index (χ0n) is 36.5. The number of rotatable bonds is 26. The van der Waals surface area contributed by atoms with Crippen molar-refractivity contribution in [2.45, 2.75) is 74.2 Å². The molecule has 3 aliphatic rings. The van der Waals surface area contributed by atoms with Crippen LogP contribution in [0.2, 0.25) is 0 Å². The second-order valence-corrected chi connectivity index (χ2v) is 17.1. The van der Waals surface area contributed by atoms with Gasteiger partial charge < -0.3 is 43.8 Å². The molecular weight excluding hydrogens is 843 g/mol. The molecule has 0 saturated heterocycles. The van der Waals surface area contributed by atoms with Crippen molar-refractivity contribution in [3.8, 4) is 11.5 Å². The minimum absolute atomic E-state index is 0.00210. The lowest BCUT2D eigenvalue weighted by Crippen LogP contribution is -2.70. The van der Waals surface area contributed by atoms with Gasteiger partial charge in [-0.15, -0.1) is 18.3 Å². The number of nitro benzene ring substituents is 1. The predicted molar refractivity (Wildman–Crippen MR) is 243 cm³/mol. The number of carbonyl (C=O) groups is 1. The van der Waals surface area contributed by atoms with Crippen LogP contribution >= 0.6 is 11.8 Å². The molecule has 346 valence electrons. The lowest BCUT2D eigenvalue weighted by molar-refractivity contribution is -0.384. The molecule has 0 aromatic heterocycles. The van der Waals surface area contributed by atoms with E-state index in [2.05, 4.69) is 30.9 Å². The SMILES string of the molecule is C=CCO[C@@]12Oc3ccc(OCCSc4ccccc4)cc3[C@H]3[C@H](CCCCO)[C@@H](CCCCO)C=C(C(=NOCc4ccc([N+](=O)[O-])cc4)C[C@@H]1N(CCOCCO)C(=O)OC)[C@H]32. The van der Waals surface area contributed by atoms with Gasteiger partial charge in [-0.2, -0.15) is 0 Å². The Kier molecular flexibility index (Phi) is 18.5. The molecule has 3 N–H and O–H groups in total. The van der Waals surface area contributed by atoms with Gasteiger partial charge in [-0.1, -0.05) is 48.3 Å². The van der Waals surface area contributed by atoms with Crippen molar-refractivity contribution in [2.75, 3.05) is 65.7 Å². The first-order valence-corrected chi connectivity index (χ1v) is 23.0. The highest BCUT2D eigenvalue weighted by Gasteiger charge is 2.65. The summed E-state index contributed by atoms with van der Waals surface area (Å²) in [5.41, 5.74) is 2.98. The van der Waals surface area contributed by atoms with Gasteiger partial charge in [0.05, 0.1) is 56.7 Å². The maximum Gasteiger partial charge on any atom is 0.410 e. The molecule has 1 amide bonds. The summed E-state index contributed by atoms with van der Waals surface area (Å²) in [6.07, 6.45) is 7.70. The number of benzene rings is 3. The number of allylic oxidation sites excluding steroid dienone is 1. The molecule has 6 atom stereocenters. The van der Waals surface area contributed by atoms with Gasteiger partial charge in [-0.25, -0.2) is 4.79 Å². The van der Waals surface area contributed by atoms with Gasteiger partial charge in [0.25, 0.3) is 5.69 Å². The van der Waals surface area contributed by atoms with E-state index in [0.29, 0.717) is 42.2 Å². The molecule has 0 spiro atoms. The number of fused-ring (bicyclic) bond motifs is 2. The van der Waals surface area contributed by atoms with Gasteiger partial charge in [0.15, 0.2) is 0 Å². The van der Waals surface area contributed by atoms with E-state index in [1.807, 2.05) is 30.3 Å². The first-order chi connectivity index (χ1) is 31.3. The number of thioether (sulfide) groups is 1. The Hall–Kier alpha value is -4.97. The summed E-state index contributed by atoms with van der Waals surface area (Å²) < 4.78 is 31.8. The highest BCUT2D eigenvalue weighted by atomic mass is 32.2. The average Bonchev–Trinajstić information content (AvgIpc) is 3.31. The maximum absolute atomic E-state index is 14.0. The molecule has 15 nitrogen and oxygen atoms in total. The molecular formula is C48H61N3O12S. The fourth-order valence-electron chi connectivity index (χ4n) is 9.29. The lowest BCUT2D eigenvalue weighted by Gasteiger charge is -2.59. The van der Waals surface area contributed by atoms with Crippen molar-refractivity contribution in [3.63, 3.8) is 0 Å². The van der Waals surface area contributed by atoms with E-state index in [1.165, 1.54) is 19.2 Å². The molecule has 1 saturated carbocycles. The molecule has 3 aromatic carbocycles. The van der Waals surface area contributed by atoms with Gasteiger partial charge in [-0.05, 0) is 91.1 Å². The predicted octanol–water partition coefficient (Wildman–Crippen LogP) is 7.68. The monoisotopic (exact) mass is 903 g/mol. The summed E-state index contributed by atoms with van der Waals surface area (Å²) in [4.78, 5) is 33.7. The second-order valence-electron chi connectivity index (χ2n) is 16.0. The normalized spacial score (nSPS) is 22.7. The van der Waals surface area contributed by atoms with Crippen LogP contribution in [0.5, 0.6) is 11.5 Å². The number of unbranched alkanes of at least 4 members (excludes halogenated alkanes) is 2. The molecule has 1 heterocycles. The third-order valence-electron chi connectivity index (χ3n) is 12.1. The summed E-state index contributed by atoms with van der Waals surface area (Å²) in [5, 5.41) is 45.5. The zero-order chi connectivity index (χ0) is 45.3. The summed E-state index contributed by atoms with van der Waals surface area (Å²) in [5.74, 6) is -0.347. The molecule has 1 fully saturated rings. The number of amides is 1. The van der Waals surface area contributed by atoms with Gasteiger partial charge in [0.1, 0.15) is 24.1 Å². The van der Waals surface area contributed by atoms with Crippen LogP contribution in [0.15, 0.2) is 107 Å². The second kappa shape index (κ2) is 24.4. The fraction of sp³-hybridized carbons (Fsp3) is 0.500. The van der Waals surface area contributed by atoms with E-state index in [1.54, 1.807) is 34.9 Å². The van der Waals surface area contributed by atoms with E-state index in [9.17, 15) is 30.2 Å². The Balaban J connectivity index is 1.50. The third kappa shape index (κ3) is 11.8. The van der Waals surface area contributed by atoms with Gasteiger partial charge in [-0.3, -0.25) is 15.0 Å². The number of hydrogen-bond donors (Lipinski definition) is 3. The van der Waals surface area contributed by atoms with E-state index < -0.39 is 28.8 Å². The fourth-order valence-corrected chi connectivity index (χ4v) is 10.0. The largest absolute Gasteiger partial charge is 0.493 e. The minimum atomic E-state index is -1.51. The number of nitro groups is 1. The topological polar surface area (TPSA) is 192 Å². The molecule has 6 rings (SSSR count). The summed E-state index contributed by atoms with van der Waals surface area (Å²) in [7, 11) is 1.31. The van der Waals surface area contributed by atoms with Crippen LogP contribution in [0.1, 0.15) is 62.0 Å². The van der Waals surface area contributed by atoms with Crippen LogP contribution in [0, 0.1) is 27.9 Å². The molecule has 2 aliphatic carbocycles. The molecule has 0 bridgehead atoms. The van der Waals surface area contributed by atoms with Gasteiger partial charge >= 0.3 is 6.09 Å². The number of aliphatic hydroxyl groups excluding tert-OH is 3. The molecule has 16 heteroatoms. The number of hydrogen-bond acceptors (Lipinski definition) is 14. The van der Waals surface area contributed by atoms with Crippen molar-refractivity contribution in [1.29, 1.82) is 0 Å². The van der Waals surface area contributed by atoms with E-state index in [0.717, 1.165) is 47.5 Å². The number of aliphatic hydroxyl groups is 3. The van der Waals surface area contributed by atoms with Gasteiger partial charge in [0, 0.05) is 60.4 Å². The Morgan fingerprint density at radius 3 is 2.47 bits per heavy atom. The van der Waals surface area contributed by atoms with Crippen molar-refractivity contribution < 1.29 is 53.6 Å². The lowest BCUT2D eigenvalue weighted by atomic mass is 9.55. The molecule has 0 unspecified atom stereocenters. The Bertz CT molecular complexity index is 2040. The standard InChI is InChI=1S/C48H61N3O12S/c1-3-25-61-48-44(50(47(55)58-2)21-26-59-27-24-54)32-42(49-62-33-34-15-17-36(18-16-34)51(56)57)40-30-35(11-7-9-22-52)39(14-8-10-23-53)45(46(40)48)41-31-37(19-20-43(41)63-48)60-28-29-64-38-12-5-4-6-13-38/h3-6,12-13,15-20,30-31,35,39,44-46,52-54H,1,7-11,14,21-29,32-33H2,2H3/t35-,39+,44-,45+,46+,48+/m0/s1. The van der Waals surface area contributed by atoms with Crippen LogP contribution in [0.4, 0.5) is 10.5 Å². The van der Waals surface area contributed by atoms with Crippen LogP contribution in [0.3, 0.4) is 0 Å². The first-order valence-electron chi connectivity index (χ1n) is 22.1. The quantitative estimate of drug-likeness (QED) is 0.0234. The Morgan fingerprint density at radius 1 is 1.00 bits per heavy atom. The van der Waals surface area contributed by atoms with E-state index in [-0.39, 0.29) is 82.7 Å². The highest BCUT2D eigenvalue weighted by molar-refractivity contribution is 7.99. The number of ether oxygens (including phenoxy) is 5. The van der Waals surface area contributed by atoms with Crippen LogP contribution in [-0.2, 0) is 25.7 Å². The summed E-state index contributed by atoms with van der Waals surface area (Å²) in [6.45, 7) is 4.71. The average molecular weight is 904 g/mol. The smallest absolute Gasteiger partial charge is 0.410 e. The van der Waals surface area contributed by atoms with E-state index >= 15 is 0 Å². The van der Waals surface area contributed by atoms with E-state index in [4.69, 9.17) is 33.7 Å². The maximum atomic E-state index is 14.0. The number of carbonyl (C=O) groups excluding carboxylic acids is 1. The Labute approximate surface area is 379 Å². The van der Waals surface area contributed by atoms with Crippen LogP contribution in [0.25, 0.3) is 0 Å². The number of methoxy groups -OCH3 is 1. The summed E-state index contributed by atoms with van der Waals surface area (Å²) in [6, 6.07) is 21.2. The number of non-ortho nitro benzene ring substituents is 1. The number of oxime groups is 1. The molecule has 1 aliphatic heterocycles. The third-order valence-corrected chi connectivity index (χ3v) is 13.0. The zero-order valence-corrected chi connectivity index (χ0v) is 37.3. The van der Waals surface area contributed by atoms with Crippen molar-refractivity contribution in [2.24, 2.45) is 22.9 Å². The summed E-state index contributed by atoms with van der Waals surface area (Å²) >= 11 is 1.71. The molecule has 0 radical (unpaired) electrons. The van der Waals surface area contributed by atoms with Crippen LogP contribution in [-0.4, -0.2) is 114 Å². The van der Waals surface area contributed by atoms with Crippen LogP contribution < -0.4 is 9.47 Å². The highest BCUT2D eigenvalue weighted by Crippen LogP contribution is 2.62. The van der Waals surface area contributed by atoms with Gasteiger partial charge in [0.2, 0.25) is 5.79 Å².